The summed E-state index contributed by atoms with van der Waals surface area (Å²) in [6.45, 7) is 4.33. The van der Waals surface area contributed by atoms with E-state index in [2.05, 4.69) is 5.32 Å². The maximum absolute atomic E-state index is 13.5. The van der Waals surface area contributed by atoms with Crippen LogP contribution in [0, 0.1) is 25.2 Å². The summed E-state index contributed by atoms with van der Waals surface area (Å²) in [7, 11) is 1.52. The number of halogens is 1. The first-order valence-corrected chi connectivity index (χ1v) is 11.0. The molecule has 3 rings (SSSR count). The second-order valence-corrected chi connectivity index (χ2v) is 8.49. The van der Waals surface area contributed by atoms with Crippen LogP contribution in [-0.4, -0.2) is 30.7 Å². The molecule has 0 saturated heterocycles. The average Bonchev–Trinajstić information content (AvgIpc) is 3.06. The van der Waals surface area contributed by atoms with Crippen molar-refractivity contribution in [1.29, 1.82) is 5.26 Å². The molecule has 32 heavy (non-hydrogen) atoms. The zero-order valence-electron chi connectivity index (χ0n) is 17.9. The fraction of sp³-hybridized carbons (Fsp3) is 0.208. The molecule has 0 fully saturated rings. The number of nitrogens with zero attached hydrogens (tertiary/aromatic N) is 2. The fourth-order valence-electron chi connectivity index (χ4n) is 3.30. The quantitative estimate of drug-likeness (QED) is 0.564. The van der Waals surface area contributed by atoms with E-state index in [0.717, 1.165) is 22.5 Å². The Labute approximate surface area is 194 Å². The van der Waals surface area contributed by atoms with Gasteiger partial charge in [0.25, 0.3) is 11.5 Å². The molecule has 0 aliphatic heterocycles. The van der Waals surface area contributed by atoms with E-state index in [4.69, 9.17) is 16.3 Å². The summed E-state index contributed by atoms with van der Waals surface area (Å²) in [6, 6.07) is 14.8. The standard InChI is InChI=1S/C24H22ClN3O3S/c1-15-7-6-8-16(2)21(15)28-23(30)20(13-17-9-4-5-10-19(17)25)32-24(28)18(14-26)22(29)27-11-12-31-3/h4-10,13H,11-12H2,1-3H3,(H,27,29)/b20-13-,24-18-. The van der Waals surface area contributed by atoms with Gasteiger partial charge >= 0.3 is 0 Å². The van der Waals surface area contributed by atoms with Crippen LogP contribution < -0.4 is 20.1 Å². The predicted molar refractivity (Wildman–Crippen MR) is 128 cm³/mol. The monoisotopic (exact) mass is 467 g/mol. The van der Waals surface area contributed by atoms with E-state index < -0.39 is 5.91 Å². The molecule has 0 aliphatic rings. The highest BCUT2D eigenvalue weighted by Gasteiger charge is 2.18. The lowest BCUT2D eigenvalue weighted by atomic mass is 10.1. The van der Waals surface area contributed by atoms with Crippen molar-refractivity contribution in [1.82, 2.24) is 9.88 Å². The number of aryl methyl sites for hydroxylation is 2. The molecule has 1 aromatic heterocycles. The largest absolute Gasteiger partial charge is 0.383 e. The van der Waals surface area contributed by atoms with E-state index in [1.807, 2.05) is 44.2 Å². The van der Waals surface area contributed by atoms with Crippen LogP contribution >= 0.6 is 22.9 Å². The molecule has 2 aromatic carbocycles. The molecule has 1 amide bonds. The first-order valence-electron chi connectivity index (χ1n) is 9.85. The van der Waals surface area contributed by atoms with E-state index in [1.54, 1.807) is 24.3 Å². The van der Waals surface area contributed by atoms with Crippen LogP contribution in [0.2, 0.25) is 5.02 Å². The highest BCUT2D eigenvalue weighted by atomic mass is 35.5. The summed E-state index contributed by atoms with van der Waals surface area (Å²) in [4.78, 5) is 26.3. The predicted octanol–water partition coefficient (Wildman–Crippen LogP) is 2.43. The molecule has 0 unspecified atom stereocenters. The van der Waals surface area contributed by atoms with Crippen molar-refractivity contribution >= 4 is 40.5 Å². The number of rotatable bonds is 6. The van der Waals surface area contributed by atoms with Crippen molar-refractivity contribution < 1.29 is 9.53 Å². The lowest BCUT2D eigenvalue weighted by Crippen LogP contribution is -2.35. The molecular formula is C24H22ClN3O3S. The van der Waals surface area contributed by atoms with E-state index in [1.165, 1.54) is 11.7 Å². The van der Waals surface area contributed by atoms with Gasteiger partial charge in [-0.05, 0) is 42.7 Å². The van der Waals surface area contributed by atoms with E-state index in [0.29, 0.717) is 27.4 Å². The molecule has 0 spiro atoms. The lowest BCUT2D eigenvalue weighted by molar-refractivity contribution is -0.115. The van der Waals surface area contributed by atoms with Gasteiger partial charge in [0.15, 0.2) is 5.57 Å². The molecule has 8 heteroatoms. The Bertz CT molecular complexity index is 1360. The van der Waals surface area contributed by atoms with Gasteiger partial charge in [0.1, 0.15) is 10.7 Å². The summed E-state index contributed by atoms with van der Waals surface area (Å²) < 4.78 is 7.05. The number of hydrogen-bond donors (Lipinski definition) is 1. The summed E-state index contributed by atoms with van der Waals surface area (Å²) in [6.07, 6.45) is 1.68. The van der Waals surface area contributed by atoms with Crippen LogP contribution in [0.5, 0.6) is 0 Å². The molecule has 1 heterocycles. The van der Waals surface area contributed by atoms with Gasteiger partial charge in [0.05, 0.1) is 16.8 Å². The van der Waals surface area contributed by atoms with E-state index >= 15 is 0 Å². The van der Waals surface area contributed by atoms with Gasteiger partial charge in [-0.15, -0.1) is 11.3 Å². The highest BCUT2D eigenvalue weighted by molar-refractivity contribution is 7.07. The van der Waals surface area contributed by atoms with Crippen molar-refractivity contribution in [3.8, 4) is 11.8 Å². The minimum Gasteiger partial charge on any atom is -0.383 e. The van der Waals surface area contributed by atoms with E-state index in [9.17, 15) is 14.9 Å². The number of thiazole rings is 1. The van der Waals surface area contributed by atoms with E-state index in [-0.39, 0.29) is 22.3 Å². The molecular weight excluding hydrogens is 446 g/mol. The van der Waals surface area contributed by atoms with Crippen molar-refractivity contribution in [2.24, 2.45) is 0 Å². The summed E-state index contributed by atoms with van der Waals surface area (Å²) >= 11 is 7.37. The molecule has 164 valence electrons. The zero-order valence-corrected chi connectivity index (χ0v) is 19.5. The maximum atomic E-state index is 13.5. The van der Waals surface area contributed by atoms with Gasteiger partial charge < -0.3 is 10.1 Å². The van der Waals surface area contributed by atoms with Gasteiger partial charge in [-0.25, -0.2) is 0 Å². The number of benzene rings is 2. The number of para-hydroxylation sites is 1. The molecule has 0 saturated carbocycles. The summed E-state index contributed by atoms with van der Waals surface area (Å²) in [5.41, 5.74) is 2.58. The van der Waals surface area contributed by atoms with Crippen molar-refractivity contribution in [3.05, 3.63) is 83.7 Å². The van der Waals surface area contributed by atoms with Gasteiger partial charge in [0, 0.05) is 18.7 Å². The van der Waals surface area contributed by atoms with Gasteiger partial charge in [0.2, 0.25) is 0 Å². The van der Waals surface area contributed by atoms with Gasteiger partial charge in [-0.1, -0.05) is 48.0 Å². The van der Waals surface area contributed by atoms with Crippen LogP contribution in [0.4, 0.5) is 0 Å². The summed E-state index contributed by atoms with van der Waals surface area (Å²) in [5.74, 6) is -0.560. The number of ether oxygens (including phenoxy) is 1. The van der Waals surface area contributed by atoms with Crippen LogP contribution in [0.3, 0.4) is 0 Å². The Morgan fingerprint density at radius 2 is 1.91 bits per heavy atom. The number of carbonyl (C=O) groups excluding carboxylic acids is 1. The lowest BCUT2D eigenvalue weighted by Gasteiger charge is -2.11. The Kier molecular flexibility index (Phi) is 7.65. The van der Waals surface area contributed by atoms with Crippen LogP contribution in [0.25, 0.3) is 17.3 Å². The summed E-state index contributed by atoms with van der Waals surface area (Å²) in [5, 5.41) is 13.0. The maximum Gasteiger partial charge on any atom is 0.273 e. The van der Waals surface area contributed by atoms with Crippen molar-refractivity contribution in [2.75, 3.05) is 20.3 Å². The molecule has 0 atom stereocenters. The number of nitrogens with one attached hydrogen (secondary N) is 1. The third kappa shape index (κ3) is 4.83. The first-order chi connectivity index (χ1) is 15.4. The number of nitriles is 1. The molecule has 6 nitrogen and oxygen atoms in total. The Morgan fingerprint density at radius 1 is 1.22 bits per heavy atom. The smallest absolute Gasteiger partial charge is 0.273 e. The zero-order chi connectivity index (χ0) is 23.3. The number of methoxy groups -OCH3 is 1. The molecule has 3 aromatic rings. The van der Waals surface area contributed by atoms with Crippen LogP contribution in [0.15, 0.2) is 47.3 Å². The number of aromatic nitrogens is 1. The average molecular weight is 468 g/mol. The molecule has 0 bridgehead atoms. The minimum absolute atomic E-state index is 0.135. The Morgan fingerprint density at radius 3 is 2.53 bits per heavy atom. The second-order valence-electron chi connectivity index (χ2n) is 7.05. The molecule has 0 radical (unpaired) electrons. The minimum atomic E-state index is -0.560. The Balaban J connectivity index is 2.39. The Hall–Kier alpha value is -3.18. The van der Waals surface area contributed by atoms with Crippen molar-refractivity contribution in [2.45, 2.75) is 13.8 Å². The van der Waals surface area contributed by atoms with Crippen LogP contribution in [0.1, 0.15) is 16.7 Å². The number of hydrogen-bond acceptors (Lipinski definition) is 5. The number of carbonyl (C=O) groups is 1. The SMILES string of the molecule is COCCNC(=O)/C(C#N)=c1\s/c(=C\c2ccccc2Cl)c(=O)n1-c1c(C)cccc1C. The topological polar surface area (TPSA) is 84.1 Å². The van der Waals surface area contributed by atoms with Gasteiger partial charge in [-0.2, -0.15) is 5.26 Å². The molecule has 1 N–H and O–H groups in total. The third-order valence-electron chi connectivity index (χ3n) is 4.82. The normalized spacial score (nSPS) is 12.4. The van der Waals surface area contributed by atoms with Gasteiger partial charge in [-0.3, -0.25) is 14.2 Å². The second kappa shape index (κ2) is 10.4. The molecule has 0 aliphatic carbocycles. The highest BCUT2D eigenvalue weighted by Crippen LogP contribution is 2.17. The first kappa shape index (κ1) is 23.5. The fourth-order valence-corrected chi connectivity index (χ4v) is 4.56. The third-order valence-corrected chi connectivity index (χ3v) is 6.26. The van der Waals surface area contributed by atoms with Crippen molar-refractivity contribution in [3.63, 3.8) is 0 Å². The number of amides is 1. The van der Waals surface area contributed by atoms with Crippen LogP contribution in [-0.2, 0) is 9.53 Å².